The fourth-order valence-electron chi connectivity index (χ4n) is 2.80. The molecule has 6 heteroatoms. The van der Waals surface area contributed by atoms with Crippen LogP contribution in [0, 0.1) is 11.3 Å². The minimum atomic E-state index is -0.436. The maximum absolute atomic E-state index is 12.2. The van der Waals surface area contributed by atoms with Crippen molar-refractivity contribution in [1.29, 1.82) is 5.26 Å². The summed E-state index contributed by atoms with van der Waals surface area (Å²) in [5, 5.41) is 10.1. The molecule has 3 aromatic rings. The molecule has 3 aromatic carbocycles. The van der Waals surface area contributed by atoms with E-state index in [0.717, 1.165) is 5.56 Å². The van der Waals surface area contributed by atoms with Crippen molar-refractivity contribution in [1.82, 2.24) is 0 Å². The van der Waals surface area contributed by atoms with Crippen molar-refractivity contribution in [3.8, 4) is 23.3 Å². The van der Waals surface area contributed by atoms with Crippen LogP contribution in [0.5, 0.6) is 17.2 Å². The molecule has 0 N–H and O–H groups in total. The SMILES string of the molecule is COc1cc(/C=C(/C#N)c2cccc(Cl)c2)ccc1OC(=O)CCOc1ccccc1. The van der Waals surface area contributed by atoms with E-state index < -0.39 is 5.97 Å². The van der Waals surface area contributed by atoms with Crippen LogP contribution in [0.15, 0.2) is 72.8 Å². The lowest BCUT2D eigenvalue weighted by Crippen LogP contribution is -2.13. The van der Waals surface area contributed by atoms with E-state index in [2.05, 4.69) is 6.07 Å². The van der Waals surface area contributed by atoms with E-state index in [0.29, 0.717) is 33.4 Å². The average molecular weight is 434 g/mol. The van der Waals surface area contributed by atoms with Gasteiger partial charge in [0.2, 0.25) is 0 Å². The van der Waals surface area contributed by atoms with Crippen LogP contribution in [0.1, 0.15) is 17.5 Å². The Morgan fingerprint density at radius 2 is 1.84 bits per heavy atom. The van der Waals surface area contributed by atoms with Crippen molar-refractivity contribution in [3.63, 3.8) is 0 Å². The predicted molar refractivity (Wildman–Crippen MR) is 120 cm³/mol. The summed E-state index contributed by atoms with van der Waals surface area (Å²) in [5.41, 5.74) is 1.89. The second-order valence-electron chi connectivity index (χ2n) is 6.48. The number of hydrogen-bond acceptors (Lipinski definition) is 5. The van der Waals surface area contributed by atoms with Crippen molar-refractivity contribution in [2.75, 3.05) is 13.7 Å². The Morgan fingerprint density at radius 1 is 1.03 bits per heavy atom. The zero-order valence-corrected chi connectivity index (χ0v) is 17.6. The highest BCUT2D eigenvalue weighted by Crippen LogP contribution is 2.30. The fraction of sp³-hybridized carbons (Fsp3) is 0.120. The molecule has 0 fully saturated rings. The van der Waals surface area contributed by atoms with Crippen LogP contribution in [0.2, 0.25) is 5.02 Å². The zero-order chi connectivity index (χ0) is 22.1. The molecule has 5 nitrogen and oxygen atoms in total. The molecule has 156 valence electrons. The van der Waals surface area contributed by atoms with Gasteiger partial charge in [-0.1, -0.05) is 48.0 Å². The van der Waals surface area contributed by atoms with Gasteiger partial charge >= 0.3 is 5.97 Å². The van der Waals surface area contributed by atoms with E-state index in [4.69, 9.17) is 25.8 Å². The van der Waals surface area contributed by atoms with Crippen LogP contribution in [-0.2, 0) is 4.79 Å². The molecule has 0 amide bonds. The predicted octanol–water partition coefficient (Wildman–Crippen LogP) is 5.79. The van der Waals surface area contributed by atoms with Gasteiger partial charge in [-0.25, -0.2) is 0 Å². The smallest absolute Gasteiger partial charge is 0.314 e. The number of hydrogen-bond donors (Lipinski definition) is 0. The number of esters is 1. The number of benzene rings is 3. The van der Waals surface area contributed by atoms with E-state index in [9.17, 15) is 10.1 Å². The number of carbonyl (C=O) groups excluding carboxylic acids is 1. The highest BCUT2D eigenvalue weighted by Gasteiger charge is 2.12. The number of ether oxygens (including phenoxy) is 3. The first-order chi connectivity index (χ1) is 15.1. The molecule has 0 aliphatic heterocycles. The van der Waals surface area contributed by atoms with Crippen molar-refractivity contribution in [2.24, 2.45) is 0 Å². The van der Waals surface area contributed by atoms with Crippen LogP contribution in [-0.4, -0.2) is 19.7 Å². The highest BCUT2D eigenvalue weighted by atomic mass is 35.5. The Labute approximate surface area is 186 Å². The molecule has 0 aliphatic carbocycles. The molecule has 0 saturated carbocycles. The minimum Gasteiger partial charge on any atom is -0.493 e. The number of para-hydroxylation sites is 1. The Bertz CT molecular complexity index is 1120. The minimum absolute atomic E-state index is 0.0903. The van der Waals surface area contributed by atoms with Crippen LogP contribution in [0.25, 0.3) is 11.6 Å². The number of rotatable bonds is 8. The summed E-state index contributed by atoms with van der Waals surface area (Å²) >= 11 is 6.02. The van der Waals surface area contributed by atoms with Crippen LogP contribution in [0.4, 0.5) is 0 Å². The first-order valence-electron chi connectivity index (χ1n) is 9.53. The average Bonchev–Trinajstić information content (AvgIpc) is 2.79. The maximum atomic E-state index is 12.2. The quantitative estimate of drug-likeness (QED) is 0.195. The summed E-state index contributed by atoms with van der Waals surface area (Å²) in [5.74, 6) is 0.936. The second-order valence-corrected chi connectivity index (χ2v) is 6.91. The van der Waals surface area contributed by atoms with Crippen LogP contribution >= 0.6 is 11.6 Å². The van der Waals surface area contributed by atoms with Gasteiger partial charge < -0.3 is 14.2 Å². The molecule has 0 bridgehead atoms. The standard InChI is InChI=1S/C25H20ClNO4/c1-29-24-15-18(14-20(17-27)19-6-5-7-21(26)16-19)10-11-23(24)31-25(28)12-13-30-22-8-3-2-4-9-22/h2-11,14-16H,12-13H2,1H3/b20-14-. The molecule has 31 heavy (non-hydrogen) atoms. The molecular weight excluding hydrogens is 414 g/mol. The highest BCUT2D eigenvalue weighted by molar-refractivity contribution is 6.30. The van der Waals surface area contributed by atoms with Gasteiger partial charge in [-0.15, -0.1) is 0 Å². The van der Waals surface area contributed by atoms with E-state index in [-0.39, 0.29) is 13.0 Å². The topological polar surface area (TPSA) is 68.5 Å². The monoisotopic (exact) mass is 433 g/mol. The summed E-state index contributed by atoms with van der Waals surface area (Å²) in [6.07, 6.45) is 1.81. The van der Waals surface area contributed by atoms with Crippen molar-refractivity contribution < 1.29 is 19.0 Å². The summed E-state index contributed by atoms with van der Waals surface area (Å²) in [7, 11) is 1.49. The Morgan fingerprint density at radius 3 is 2.55 bits per heavy atom. The first-order valence-corrected chi connectivity index (χ1v) is 9.91. The van der Waals surface area contributed by atoms with Gasteiger partial charge in [0.25, 0.3) is 0 Å². The summed E-state index contributed by atoms with van der Waals surface area (Å²) in [6, 6.07) is 23.6. The molecule has 3 rings (SSSR count). The number of nitriles is 1. The van der Waals surface area contributed by atoms with E-state index in [1.165, 1.54) is 7.11 Å². The van der Waals surface area contributed by atoms with Gasteiger partial charge in [-0.05, 0) is 53.6 Å². The molecule has 0 saturated heterocycles. The normalized spacial score (nSPS) is 10.8. The van der Waals surface area contributed by atoms with Crippen molar-refractivity contribution in [2.45, 2.75) is 6.42 Å². The van der Waals surface area contributed by atoms with Gasteiger partial charge in [0.1, 0.15) is 5.75 Å². The molecular formula is C25H20ClNO4. The van der Waals surface area contributed by atoms with Crippen molar-refractivity contribution in [3.05, 3.63) is 88.9 Å². The molecule has 0 atom stereocenters. The maximum Gasteiger partial charge on any atom is 0.314 e. The third kappa shape index (κ3) is 6.36. The lowest BCUT2D eigenvalue weighted by Gasteiger charge is -2.11. The Balaban J connectivity index is 1.68. The largest absolute Gasteiger partial charge is 0.493 e. The van der Waals surface area contributed by atoms with E-state index in [1.807, 2.05) is 36.4 Å². The Hall–Kier alpha value is -3.75. The van der Waals surface area contributed by atoms with Gasteiger partial charge in [-0.3, -0.25) is 4.79 Å². The number of nitrogens with zero attached hydrogens (tertiary/aromatic N) is 1. The number of halogens is 1. The Kier molecular flexibility index (Phi) is 7.69. The van der Waals surface area contributed by atoms with Crippen LogP contribution < -0.4 is 14.2 Å². The molecule has 0 aromatic heterocycles. The molecule has 0 aliphatic rings. The number of methoxy groups -OCH3 is 1. The number of allylic oxidation sites excluding steroid dienone is 1. The first kappa shape index (κ1) is 21.9. The summed E-state index contributed by atoms with van der Waals surface area (Å²) in [6.45, 7) is 0.206. The van der Waals surface area contributed by atoms with Gasteiger partial charge in [0.15, 0.2) is 11.5 Å². The zero-order valence-electron chi connectivity index (χ0n) is 16.9. The van der Waals surface area contributed by atoms with Gasteiger partial charge in [0, 0.05) is 5.02 Å². The summed E-state index contributed by atoms with van der Waals surface area (Å²) in [4.78, 5) is 12.2. The summed E-state index contributed by atoms with van der Waals surface area (Å²) < 4.78 is 16.3. The molecule has 0 heterocycles. The molecule has 0 radical (unpaired) electrons. The van der Waals surface area contributed by atoms with Crippen molar-refractivity contribution >= 4 is 29.2 Å². The molecule has 0 spiro atoms. The lowest BCUT2D eigenvalue weighted by molar-refractivity contribution is -0.135. The van der Waals surface area contributed by atoms with E-state index in [1.54, 1.807) is 42.5 Å². The third-order valence-electron chi connectivity index (χ3n) is 4.30. The van der Waals surface area contributed by atoms with Gasteiger partial charge in [0.05, 0.1) is 31.8 Å². The lowest BCUT2D eigenvalue weighted by atomic mass is 10.0. The fourth-order valence-corrected chi connectivity index (χ4v) is 2.99. The molecule has 0 unspecified atom stereocenters. The second kappa shape index (κ2) is 10.9. The number of carbonyl (C=O) groups is 1. The van der Waals surface area contributed by atoms with E-state index >= 15 is 0 Å². The van der Waals surface area contributed by atoms with Crippen LogP contribution in [0.3, 0.4) is 0 Å². The van der Waals surface area contributed by atoms with Gasteiger partial charge in [-0.2, -0.15) is 5.26 Å². The third-order valence-corrected chi connectivity index (χ3v) is 4.53.